The summed E-state index contributed by atoms with van der Waals surface area (Å²) in [4.78, 5) is 12.9. The van der Waals surface area contributed by atoms with Crippen molar-refractivity contribution in [1.82, 2.24) is 5.32 Å². The lowest BCUT2D eigenvalue weighted by molar-refractivity contribution is -0.119. The number of amides is 1. The molecule has 0 radical (unpaired) electrons. The molecule has 0 spiro atoms. The van der Waals surface area contributed by atoms with E-state index < -0.39 is 0 Å². The summed E-state index contributed by atoms with van der Waals surface area (Å²) in [5.41, 5.74) is 3.97. The first-order valence-corrected chi connectivity index (χ1v) is 8.85. The Morgan fingerprint density at radius 2 is 1.88 bits per heavy atom. The van der Waals surface area contributed by atoms with Crippen LogP contribution < -0.4 is 10.6 Å². The molecule has 0 bridgehead atoms. The van der Waals surface area contributed by atoms with Crippen molar-refractivity contribution in [3.63, 3.8) is 0 Å². The molecule has 2 aromatic rings. The highest BCUT2D eigenvalue weighted by molar-refractivity contribution is 5.94. The molecule has 2 unspecified atom stereocenters. The van der Waals surface area contributed by atoms with Crippen molar-refractivity contribution in [1.29, 1.82) is 0 Å². The highest BCUT2D eigenvalue weighted by atomic mass is 16.1. The summed E-state index contributed by atoms with van der Waals surface area (Å²) in [6.07, 6.45) is 5.42. The molecule has 1 heterocycles. The van der Waals surface area contributed by atoms with Gasteiger partial charge < -0.3 is 10.6 Å². The number of rotatable bonds is 6. The first kappa shape index (κ1) is 17.9. The number of nitrogens with one attached hydrogen (secondary N) is 2. The Bertz CT molecular complexity index is 823. The number of hydrogen-bond acceptors (Lipinski definition) is 2. The summed E-state index contributed by atoms with van der Waals surface area (Å²) in [6.45, 7) is 9.09. The van der Waals surface area contributed by atoms with Crippen LogP contribution in [0.2, 0.25) is 0 Å². The van der Waals surface area contributed by atoms with Crippen LogP contribution >= 0.6 is 0 Å². The lowest BCUT2D eigenvalue weighted by atomic mass is 9.88. The zero-order valence-electron chi connectivity index (χ0n) is 14.8. The minimum Gasteiger partial charge on any atom is -0.326 e. The molecule has 2 atom stereocenters. The number of allylic oxidation sites excluding steroid dienone is 4. The van der Waals surface area contributed by atoms with Crippen LogP contribution in [0.4, 0.5) is 5.69 Å². The van der Waals surface area contributed by atoms with Gasteiger partial charge in [0.2, 0.25) is 5.91 Å². The zero-order chi connectivity index (χ0) is 18.4. The van der Waals surface area contributed by atoms with Crippen LogP contribution in [0.3, 0.4) is 0 Å². The van der Waals surface area contributed by atoms with Crippen LogP contribution in [-0.4, -0.2) is 19.0 Å². The van der Waals surface area contributed by atoms with Gasteiger partial charge in [0.05, 0.1) is 5.92 Å². The Morgan fingerprint density at radius 3 is 2.62 bits per heavy atom. The average Bonchev–Trinajstić information content (AvgIpc) is 3.17. The Morgan fingerprint density at radius 1 is 1.08 bits per heavy atom. The van der Waals surface area contributed by atoms with E-state index in [4.69, 9.17) is 0 Å². The second-order valence-electron chi connectivity index (χ2n) is 6.41. The second-order valence-corrected chi connectivity index (χ2v) is 6.41. The molecule has 3 heteroatoms. The van der Waals surface area contributed by atoms with E-state index in [-0.39, 0.29) is 17.7 Å². The van der Waals surface area contributed by atoms with Gasteiger partial charge in [0, 0.05) is 24.7 Å². The Labute approximate surface area is 155 Å². The van der Waals surface area contributed by atoms with Crippen molar-refractivity contribution in [2.24, 2.45) is 5.92 Å². The molecule has 1 saturated heterocycles. The first-order chi connectivity index (χ1) is 12.7. The SMILES string of the molecule is C=C/C=C(\C=C)c1cccc(NC(=O)C2CNCC2c2ccccc2)c1. The lowest BCUT2D eigenvalue weighted by Gasteiger charge is -2.19. The highest BCUT2D eigenvalue weighted by Crippen LogP contribution is 2.29. The third-order valence-electron chi connectivity index (χ3n) is 4.76. The molecule has 0 aliphatic carbocycles. The van der Waals surface area contributed by atoms with Crippen LogP contribution in [-0.2, 0) is 4.79 Å². The first-order valence-electron chi connectivity index (χ1n) is 8.85. The predicted molar refractivity (Wildman–Crippen MR) is 109 cm³/mol. The predicted octanol–water partition coefficient (Wildman–Crippen LogP) is 4.38. The molecule has 1 fully saturated rings. The number of anilines is 1. The largest absolute Gasteiger partial charge is 0.326 e. The van der Waals surface area contributed by atoms with Crippen molar-refractivity contribution < 1.29 is 4.79 Å². The Hall–Kier alpha value is -2.91. The Balaban J connectivity index is 1.76. The molecule has 1 amide bonds. The molecule has 3 rings (SSSR count). The van der Waals surface area contributed by atoms with E-state index in [9.17, 15) is 4.79 Å². The van der Waals surface area contributed by atoms with E-state index >= 15 is 0 Å². The van der Waals surface area contributed by atoms with Crippen LogP contribution in [0.25, 0.3) is 5.57 Å². The highest BCUT2D eigenvalue weighted by Gasteiger charge is 2.33. The molecule has 3 nitrogen and oxygen atoms in total. The monoisotopic (exact) mass is 344 g/mol. The average molecular weight is 344 g/mol. The topological polar surface area (TPSA) is 41.1 Å². The van der Waals surface area contributed by atoms with Crippen LogP contribution in [0.15, 0.2) is 86.0 Å². The molecule has 132 valence electrons. The van der Waals surface area contributed by atoms with Crippen LogP contribution in [0, 0.1) is 5.92 Å². The third-order valence-corrected chi connectivity index (χ3v) is 4.76. The quantitative estimate of drug-likeness (QED) is 0.764. The van der Waals surface area contributed by atoms with Crippen LogP contribution in [0.1, 0.15) is 17.0 Å². The molecule has 2 aromatic carbocycles. The molecule has 0 saturated carbocycles. The minimum atomic E-state index is -0.0800. The number of carbonyl (C=O) groups excluding carboxylic acids is 1. The summed E-state index contributed by atoms with van der Waals surface area (Å²) < 4.78 is 0. The van der Waals surface area contributed by atoms with Crippen molar-refractivity contribution in [2.45, 2.75) is 5.92 Å². The fourth-order valence-corrected chi connectivity index (χ4v) is 3.43. The number of benzene rings is 2. The van der Waals surface area contributed by atoms with Gasteiger partial charge in [0.1, 0.15) is 0 Å². The van der Waals surface area contributed by atoms with Gasteiger partial charge in [-0.25, -0.2) is 0 Å². The van der Waals surface area contributed by atoms with Gasteiger partial charge in [-0.2, -0.15) is 0 Å². The standard InChI is InChI=1S/C23H24N2O/c1-3-9-17(4-2)19-12-8-13-20(14-19)25-23(26)22-16-24-15-21(22)18-10-6-5-7-11-18/h3-14,21-22,24H,1-2,15-16H2,(H,25,26)/b17-9+. The van der Waals surface area contributed by atoms with E-state index in [2.05, 4.69) is 35.9 Å². The van der Waals surface area contributed by atoms with Gasteiger partial charge in [0.25, 0.3) is 0 Å². The molecule has 0 aromatic heterocycles. The second kappa shape index (κ2) is 8.45. The maximum absolute atomic E-state index is 12.9. The maximum Gasteiger partial charge on any atom is 0.229 e. The number of hydrogen-bond donors (Lipinski definition) is 2. The van der Waals surface area contributed by atoms with Crippen molar-refractivity contribution >= 4 is 17.2 Å². The minimum absolute atomic E-state index is 0.0499. The van der Waals surface area contributed by atoms with E-state index in [0.29, 0.717) is 6.54 Å². The smallest absolute Gasteiger partial charge is 0.229 e. The maximum atomic E-state index is 12.9. The summed E-state index contributed by atoms with van der Waals surface area (Å²) in [5.74, 6) is 0.168. The van der Waals surface area contributed by atoms with Crippen molar-refractivity contribution in [3.8, 4) is 0 Å². The van der Waals surface area contributed by atoms with E-state index in [1.165, 1.54) is 5.56 Å². The van der Waals surface area contributed by atoms with Gasteiger partial charge in [-0.15, -0.1) is 0 Å². The van der Waals surface area contributed by atoms with Gasteiger partial charge in [-0.1, -0.05) is 73.9 Å². The summed E-state index contributed by atoms with van der Waals surface area (Å²) >= 11 is 0. The normalized spacial score (nSPS) is 19.8. The molecule has 1 aliphatic rings. The summed E-state index contributed by atoms with van der Waals surface area (Å²) in [6, 6.07) is 18.0. The fraction of sp³-hybridized carbons (Fsp3) is 0.174. The molecular formula is C23H24N2O. The van der Waals surface area contributed by atoms with Crippen LogP contribution in [0.5, 0.6) is 0 Å². The van der Waals surface area contributed by atoms with E-state index in [0.717, 1.165) is 23.4 Å². The molecule has 26 heavy (non-hydrogen) atoms. The van der Waals surface area contributed by atoms with Crippen molar-refractivity contribution in [2.75, 3.05) is 18.4 Å². The Kier molecular flexibility index (Phi) is 5.82. The lowest BCUT2D eigenvalue weighted by Crippen LogP contribution is -2.28. The van der Waals surface area contributed by atoms with Crippen molar-refractivity contribution in [3.05, 3.63) is 97.1 Å². The van der Waals surface area contributed by atoms with E-state index in [1.807, 2.05) is 48.5 Å². The summed E-state index contributed by atoms with van der Waals surface area (Å²) in [7, 11) is 0. The van der Waals surface area contributed by atoms with Gasteiger partial charge in [-0.05, 0) is 28.8 Å². The van der Waals surface area contributed by atoms with Gasteiger partial charge in [0.15, 0.2) is 0 Å². The zero-order valence-corrected chi connectivity index (χ0v) is 14.8. The third kappa shape index (κ3) is 4.01. The van der Waals surface area contributed by atoms with Gasteiger partial charge >= 0.3 is 0 Å². The molecule has 1 aliphatic heterocycles. The summed E-state index contributed by atoms with van der Waals surface area (Å²) in [5, 5.41) is 6.43. The fourth-order valence-electron chi connectivity index (χ4n) is 3.43. The van der Waals surface area contributed by atoms with E-state index in [1.54, 1.807) is 12.2 Å². The number of carbonyl (C=O) groups is 1. The molecule has 2 N–H and O–H groups in total. The van der Waals surface area contributed by atoms with Gasteiger partial charge in [-0.3, -0.25) is 4.79 Å². The molecular weight excluding hydrogens is 320 g/mol.